The van der Waals surface area contributed by atoms with Crippen LogP contribution in [0.5, 0.6) is 0 Å². The van der Waals surface area contributed by atoms with Gasteiger partial charge in [-0.3, -0.25) is 9.69 Å². The van der Waals surface area contributed by atoms with E-state index in [0.717, 1.165) is 18.4 Å². The maximum Gasteiger partial charge on any atom is 0.243 e. The maximum absolute atomic E-state index is 12.7. The highest BCUT2D eigenvalue weighted by atomic mass is 32.2. The zero-order chi connectivity index (χ0) is 17.0. The minimum atomic E-state index is -3.47. The summed E-state index contributed by atoms with van der Waals surface area (Å²) < 4.78 is 26.8. The number of primary amides is 1. The first-order chi connectivity index (χ1) is 10.9. The molecule has 1 aromatic rings. The zero-order valence-corrected chi connectivity index (χ0v) is 14.6. The van der Waals surface area contributed by atoms with Crippen LogP contribution >= 0.6 is 0 Å². The van der Waals surface area contributed by atoms with Crippen molar-refractivity contribution in [2.45, 2.75) is 37.6 Å². The number of nitrogens with zero attached hydrogens (tertiary/aromatic N) is 2. The monoisotopic (exact) mass is 339 g/mol. The van der Waals surface area contributed by atoms with Gasteiger partial charge in [-0.25, -0.2) is 8.42 Å². The lowest BCUT2D eigenvalue weighted by molar-refractivity contribution is -0.123. The smallest absolute Gasteiger partial charge is 0.243 e. The Kier molecular flexibility index (Phi) is 5.78. The Morgan fingerprint density at radius 1 is 1.17 bits per heavy atom. The number of benzene rings is 1. The summed E-state index contributed by atoms with van der Waals surface area (Å²) in [6, 6.07) is 6.74. The van der Waals surface area contributed by atoms with Crippen molar-refractivity contribution in [1.82, 2.24) is 9.21 Å². The molecule has 1 heterocycles. The molecule has 1 aromatic carbocycles. The molecule has 0 radical (unpaired) electrons. The molecule has 0 unspecified atom stereocenters. The lowest BCUT2D eigenvalue weighted by Crippen LogP contribution is -2.54. The molecule has 1 fully saturated rings. The molecule has 0 aromatic heterocycles. The molecule has 6 nitrogen and oxygen atoms in total. The molecule has 128 valence electrons. The van der Waals surface area contributed by atoms with E-state index < -0.39 is 10.0 Å². The van der Waals surface area contributed by atoms with E-state index in [1.807, 2.05) is 17.0 Å². The van der Waals surface area contributed by atoms with Gasteiger partial charge in [0.05, 0.1) is 10.9 Å². The lowest BCUT2D eigenvalue weighted by atomic mass is 10.1. The van der Waals surface area contributed by atoms with Crippen LogP contribution in [0.4, 0.5) is 0 Å². The summed E-state index contributed by atoms with van der Waals surface area (Å²) in [5.74, 6) is -0.382. The quantitative estimate of drug-likeness (QED) is 0.832. The highest BCUT2D eigenvalue weighted by Crippen LogP contribution is 2.19. The van der Waals surface area contributed by atoms with Gasteiger partial charge in [0.15, 0.2) is 0 Å². The molecular formula is C16H25N3O3S. The van der Waals surface area contributed by atoms with Gasteiger partial charge in [-0.05, 0) is 31.0 Å². The van der Waals surface area contributed by atoms with Crippen LogP contribution in [0.25, 0.3) is 0 Å². The van der Waals surface area contributed by atoms with Crippen molar-refractivity contribution < 1.29 is 13.2 Å². The van der Waals surface area contributed by atoms with Crippen LogP contribution in [0, 0.1) is 0 Å². The molecule has 7 heteroatoms. The molecule has 1 atom stereocenters. The third-order valence-electron chi connectivity index (χ3n) is 4.33. The molecule has 1 aliphatic rings. The fourth-order valence-corrected chi connectivity index (χ4v) is 4.20. The van der Waals surface area contributed by atoms with E-state index in [4.69, 9.17) is 5.73 Å². The largest absolute Gasteiger partial charge is 0.368 e. The minimum Gasteiger partial charge on any atom is -0.368 e. The third-order valence-corrected chi connectivity index (χ3v) is 6.25. The number of sulfonamides is 1. The van der Waals surface area contributed by atoms with E-state index in [9.17, 15) is 13.2 Å². The second-order valence-electron chi connectivity index (χ2n) is 5.91. The van der Waals surface area contributed by atoms with Crippen molar-refractivity contribution in [3.8, 4) is 0 Å². The van der Waals surface area contributed by atoms with Gasteiger partial charge in [-0.1, -0.05) is 25.5 Å². The molecule has 1 amide bonds. The highest BCUT2D eigenvalue weighted by molar-refractivity contribution is 7.89. The van der Waals surface area contributed by atoms with E-state index in [1.165, 1.54) is 4.31 Å². The molecule has 0 saturated carbocycles. The number of carbonyl (C=O) groups excluding carboxylic acids is 1. The van der Waals surface area contributed by atoms with E-state index in [2.05, 4.69) is 6.92 Å². The Bertz CT molecular complexity index is 635. The van der Waals surface area contributed by atoms with Gasteiger partial charge in [-0.15, -0.1) is 0 Å². The van der Waals surface area contributed by atoms with Gasteiger partial charge in [-0.2, -0.15) is 4.31 Å². The SMILES string of the molecule is CCCc1ccc(S(=O)(=O)N2CCN([C@@H](C)C(N)=O)CC2)cc1. The summed E-state index contributed by atoms with van der Waals surface area (Å²) in [4.78, 5) is 13.5. The highest BCUT2D eigenvalue weighted by Gasteiger charge is 2.31. The Morgan fingerprint density at radius 2 is 1.74 bits per heavy atom. The molecular weight excluding hydrogens is 314 g/mol. The van der Waals surface area contributed by atoms with Crippen LogP contribution in [-0.4, -0.2) is 55.8 Å². The molecule has 0 spiro atoms. The second-order valence-corrected chi connectivity index (χ2v) is 7.85. The minimum absolute atomic E-state index is 0.328. The van der Waals surface area contributed by atoms with E-state index >= 15 is 0 Å². The predicted octanol–water partition coefficient (Wildman–Crippen LogP) is 0.819. The Balaban J connectivity index is 2.05. The van der Waals surface area contributed by atoms with Crippen molar-refractivity contribution in [3.63, 3.8) is 0 Å². The average molecular weight is 339 g/mol. The number of rotatable bonds is 6. The van der Waals surface area contributed by atoms with Crippen molar-refractivity contribution in [2.24, 2.45) is 5.73 Å². The van der Waals surface area contributed by atoms with Gasteiger partial charge in [0, 0.05) is 26.2 Å². The van der Waals surface area contributed by atoms with Crippen molar-refractivity contribution in [3.05, 3.63) is 29.8 Å². The first-order valence-corrected chi connectivity index (χ1v) is 9.42. The summed E-state index contributed by atoms with van der Waals surface area (Å²) in [7, 11) is -3.47. The van der Waals surface area contributed by atoms with E-state index in [1.54, 1.807) is 19.1 Å². The fourth-order valence-electron chi connectivity index (χ4n) is 2.78. The molecule has 1 aliphatic heterocycles. The van der Waals surface area contributed by atoms with Crippen molar-refractivity contribution in [1.29, 1.82) is 0 Å². The number of hydrogen-bond acceptors (Lipinski definition) is 4. The number of carbonyl (C=O) groups is 1. The van der Waals surface area contributed by atoms with Crippen molar-refractivity contribution in [2.75, 3.05) is 26.2 Å². The van der Waals surface area contributed by atoms with Crippen molar-refractivity contribution >= 4 is 15.9 Å². The summed E-state index contributed by atoms with van der Waals surface area (Å²) in [5, 5.41) is 0. The van der Waals surface area contributed by atoms with E-state index in [-0.39, 0.29) is 11.9 Å². The normalized spacial score (nSPS) is 18.7. The van der Waals surface area contributed by atoms with Gasteiger partial charge in [0.2, 0.25) is 15.9 Å². The predicted molar refractivity (Wildman–Crippen MR) is 89.4 cm³/mol. The standard InChI is InChI=1S/C16H25N3O3S/c1-3-4-14-5-7-15(8-6-14)23(21,22)19-11-9-18(10-12-19)13(2)16(17)20/h5-8,13H,3-4,9-12H2,1-2H3,(H2,17,20)/t13-/m0/s1. The van der Waals surface area contributed by atoms with E-state index in [0.29, 0.717) is 31.1 Å². The van der Waals surface area contributed by atoms with Crippen LogP contribution in [0.2, 0.25) is 0 Å². The topological polar surface area (TPSA) is 83.7 Å². The van der Waals surface area contributed by atoms with Crippen LogP contribution in [-0.2, 0) is 21.2 Å². The summed E-state index contributed by atoms with van der Waals surface area (Å²) in [5.41, 5.74) is 6.45. The second kappa shape index (κ2) is 7.42. The lowest BCUT2D eigenvalue weighted by Gasteiger charge is -2.36. The Hall–Kier alpha value is -1.44. The zero-order valence-electron chi connectivity index (χ0n) is 13.7. The molecule has 23 heavy (non-hydrogen) atoms. The maximum atomic E-state index is 12.7. The molecule has 0 aliphatic carbocycles. The molecule has 2 rings (SSSR count). The number of piperazine rings is 1. The number of amides is 1. The van der Waals surface area contributed by atoms with Crippen LogP contribution in [0.3, 0.4) is 0 Å². The van der Waals surface area contributed by atoms with Crippen LogP contribution in [0.1, 0.15) is 25.8 Å². The first-order valence-electron chi connectivity index (χ1n) is 7.98. The molecule has 0 bridgehead atoms. The summed E-state index contributed by atoms with van der Waals surface area (Å²) in [6.07, 6.45) is 1.98. The van der Waals surface area contributed by atoms with Gasteiger partial charge < -0.3 is 5.73 Å². The summed E-state index contributed by atoms with van der Waals surface area (Å²) >= 11 is 0. The molecule has 1 saturated heterocycles. The molecule has 2 N–H and O–H groups in total. The Labute approximate surface area is 138 Å². The van der Waals surface area contributed by atoms with Gasteiger partial charge >= 0.3 is 0 Å². The van der Waals surface area contributed by atoms with Crippen LogP contribution in [0.15, 0.2) is 29.2 Å². The average Bonchev–Trinajstić information content (AvgIpc) is 2.55. The number of hydrogen-bond donors (Lipinski definition) is 1. The fraction of sp³-hybridized carbons (Fsp3) is 0.562. The van der Waals surface area contributed by atoms with Crippen LogP contribution < -0.4 is 5.73 Å². The number of aryl methyl sites for hydroxylation is 1. The number of nitrogens with two attached hydrogens (primary N) is 1. The third kappa shape index (κ3) is 4.10. The van der Waals surface area contributed by atoms with Gasteiger partial charge in [0.25, 0.3) is 0 Å². The first kappa shape index (κ1) is 17.9. The van der Waals surface area contributed by atoms with Gasteiger partial charge in [0.1, 0.15) is 0 Å². The summed E-state index contributed by atoms with van der Waals surface area (Å²) in [6.45, 7) is 5.61. The Morgan fingerprint density at radius 3 is 2.22 bits per heavy atom.